The van der Waals surface area contributed by atoms with Gasteiger partial charge in [-0.15, -0.1) is 0 Å². The number of carbonyl (C=O) groups is 1. The van der Waals surface area contributed by atoms with E-state index in [9.17, 15) is 4.79 Å². The second-order valence-corrected chi connectivity index (χ2v) is 3.65. The second kappa shape index (κ2) is 5.60. The van der Waals surface area contributed by atoms with Crippen molar-refractivity contribution < 1.29 is 14.3 Å². The molecule has 0 radical (unpaired) electrons. The molecule has 1 aliphatic rings. The summed E-state index contributed by atoms with van der Waals surface area (Å²) in [6, 6.07) is 1.37. The minimum absolute atomic E-state index is 0.143. The van der Waals surface area contributed by atoms with Crippen LogP contribution in [0.3, 0.4) is 0 Å². The lowest BCUT2D eigenvalue weighted by Crippen LogP contribution is -2.48. The number of pyridine rings is 1. The van der Waals surface area contributed by atoms with E-state index in [0.717, 1.165) is 0 Å². The van der Waals surface area contributed by atoms with Crippen LogP contribution in [0.1, 0.15) is 0 Å². The molecule has 1 saturated heterocycles. The number of amides is 1. The molecule has 1 aromatic rings. The van der Waals surface area contributed by atoms with Crippen LogP contribution in [0.15, 0.2) is 18.5 Å². The maximum atomic E-state index is 11.9. The molecule has 1 aliphatic heterocycles. The summed E-state index contributed by atoms with van der Waals surface area (Å²) < 4.78 is 10.4. The lowest BCUT2D eigenvalue weighted by molar-refractivity contribution is -0.120. The van der Waals surface area contributed by atoms with Crippen LogP contribution >= 0.6 is 0 Å². The first-order chi connectivity index (χ1) is 8.31. The van der Waals surface area contributed by atoms with Crippen molar-refractivity contribution in [3.8, 4) is 5.75 Å². The number of morpholine rings is 1. The molecular formula is C11H15N3O3. The van der Waals surface area contributed by atoms with Gasteiger partial charge in [-0.2, -0.15) is 0 Å². The van der Waals surface area contributed by atoms with Crippen molar-refractivity contribution in [2.24, 2.45) is 0 Å². The molecule has 0 aromatic carbocycles. The molecule has 0 spiro atoms. The summed E-state index contributed by atoms with van der Waals surface area (Å²) >= 11 is 0. The van der Waals surface area contributed by atoms with Crippen molar-refractivity contribution in [1.82, 2.24) is 10.3 Å². The SMILES string of the molecule is COc1ccncc1NC(=O)[C@@H]1COCCN1. The lowest BCUT2D eigenvalue weighted by atomic mass is 10.2. The molecular weight excluding hydrogens is 222 g/mol. The Kier molecular flexibility index (Phi) is 3.89. The van der Waals surface area contributed by atoms with Gasteiger partial charge in [0.1, 0.15) is 17.5 Å². The largest absolute Gasteiger partial charge is 0.494 e. The van der Waals surface area contributed by atoms with E-state index in [-0.39, 0.29) is 11.9 Å². The Hall–Kier alpha value is -1.66. The molecule has 17 heavy (non-hydrogen) atoms. The predicted octanol–water partition coefficient (Wildman–Crippen LogP) is 0.0171. The summed E-state index contributed by atoms with van der Waals surface area (Å²) in [6.07, 6.45) is 3.16. The van der Waals surface area contributed by atoms with Crippen LogP contribution < -0.4 is 15.4 Å². The van der Waals surface area contributed by atoms with Gasteiger partial charge in [0.25, 0.3) is 0 Å². The van der Waals surface area contributed by atoms with Crippen molar-refractivity contribution in [2.75, 3.05) is 32.2 Å². The maximum Gasteiger partial charge on any atom is 0.244 e. The van der Waals surface area contributed by atoms with E-state index < -0.39 is 0 Å². The number of methoxy groups -OCH3 is 1. The fraction of sp³-hybridized carbons (Fsp3) is 0.455. The summed E-state index contributed by atoms with van der Waals surface area (Å²) in [4.78, 5) is 15.8. The summed E-state index contributed by atoms with van der Waals surface area (Å²) in [5, 5.41) is 5.84. The molecule has 0 bridgehead atoms. The van der Waals surface area contributed by atoms with E-state index >= 15 is 0 Å². The van der Waals surface area contributed by atoms with Crippen molar-refractivity contribution in [3.63, 3.8) is 0 Å². The van der Waals surface area contributed by atoms with E-state index in [1.807, 2.05) is 0 Å². The standard InChI is InChI=1S/C11H15N3O3/c1-16-10-2-3-12-6-8(10)14-11(15)9-7-17-5-4-13-9/h2-3,6,9,13H,4-5,7H2,1H3,(H,14,15)/t9-/m0/s1. The minimum Gasteiger partial charge on any atom is -0.494 e. The molecule has 0 aliphatic carbocycles. The van der Waals surface area contributed by atoms with Crippen LogP contribution in [-0.4, -0.2) is 43.8 Å². The topological polar surface area (TPSA) is 72.5 Å². The molecule has 1 fully saturated rings. The Bertz CT molecular complexity index is 391. The molecule has 92 valence electrons. The minimum atomic E-state index is -0.325. The van der Waals surface area contributed by atoms with Crippen molar-refractivity contribution in [2.45, 2.75) is 6.04 Å². The van der Waals surface area contributed by atoms with Gasteiger partial charge in [0.05, 0.1) is 26.5 Å². The number of hydrogen-bond acceptors (Lipinski definition) is 5. The molecule has 2 heterocycles. The Labute approximate surface area is 99.3 Å². The van der Waals surface area contributed by atoms with Crippen LogP contribution in [0.2, 0.25) is 0 Å². The van der Waals surface area contributed by atoms with Gasteiger partial charge in [-0.05, 0) is 0 Å². The van der Waals surface area contributed by atoms with E-state index in [1.165, 1.54) is 0 Å². The quantitative estimate of drug-likeness (QED) is 0.775. The fourth-order valence-electron chi connectivity index (χ4n) is 1.61. The zero-order valence-corrected chi connectivity index (χ0v) is 9.60. The summed E-state index contributed by atoms with van der Waals surface area (Å²) in [5.41, 5.74) is 0.562. The third-order valence-corrected chi connectivity index (χ3v) is 2.50. The molecule has 1 amide bonds. The highest BCUT2D eigenvalue weighted by Crippen LogP contribution is 2.21. The Morgan fingerprint density at radius 1 is 1.71 bits per heavy atom. The van der Waals surface area contributed by atoms with E-state index in [0.29, 0.717) is 31.2 Å². The summed E-state index contributed by atoms with van der Waals surface area (Å²) in [7, 11) is 1.55. The average Bonchev–Trinajstić information content (AvgIpc) is 2.40. The molecule has 0 unspecified atom stereocenters. The zero-order valence-electron chi connectivity index (χ0n) is 9.60. The molecule has 0 saturated carbocycles. The molecule has 6 heteroatoms. The number of rotatable bonds is 3. The van der Waals surface area contributed by atoms with Crippen LogP contribution in [0, 0.1) is 0 Å². The van der Waals surface area contributed by atoms with Gasteiger partial charge in [0.15, 0.2) is 0 Å². The fourth-order valence-corrected chi connectivity index (χ4v) is 1.61. The Morgan fingerprint density at radius 3 is 3.29 bits per heavy atom. The van der Waals surface area contributed by atoms with Gasteiger partial charge in [0.2, 0.25) is 5.91 Å². The molecule has 2 rings (SSSR count). The third-order valence-electron chi connectivity index (χ3n) is 2.50. The summed E-state index contributed by atoms with van der Waals surface area (Å²) in [5.74, 6) is 0.445. The van der Waals surface area contributed by atoms with Crippen LogP contribution in [-0.2, 0) is 9.53 Å². The van der Waals surface area contributed by atoms with Gasteiger partial charge < -0.3 is 20.1 Å². The highest BCUT2D eigenvalue weighted by Gasteiger charge is 2.21. The average molecular weight is 237 g/mol. The van der Waals surface area contributed by atoms with Gasteiger partial charge in [0, 0.05) is 18.8 Å². The van der Waals surface area contributed by atoms with Crippen LogP contribution in [0.4, 0.5) is 5.69 Å². The highest BCUT2D eigenvalue weighted by atomic mass is 16.5. The number of ether oxygens (including phenoxy) is 2. The van der Waals surface area contributed by atoms with E-state index in [2.05, 4.69) is 15.6 Å². The zero-order chi connectivity index (χ0) is 12.1. The Balaban J connectivity index is 2.01. The first-order valence-electron chi connectivity index (χ1n) is 5.41. The third kappa shape index (κ3) is 2.92. The molecule has 2 N–H and O–H groups in total. The second-order valence-electron chi connectivity index (χ2n) is 3.65. The predicted molar refractivity (Wildman–Crippen MR) is 62.0 cm³/mol. The highest BCUT2D eigenvalue weighted by molar-refractivity contribution is 5.96. The normalized spacial score (nSPS) is 19.7. The van der Waals surface area contributed by atoms with Gasteiger partial charge in [-0.3, -0.25) is 9.78 Å². The van der Waals surface area contributed by atoms with Crippen molar-refractivity contribution in [3.05, 3.63) is 18.5 Å². The first-order valence-corrected chi connectivity index (χ1v) is 5.41. The van der Waals surface area contributed by atoms with Gasteiger partial charge in [-0.25, -0.2) is 0 Å². The molecule has 1 atom stereocenters. The van der Waals surface area contributed by atoms with Crippen molar-refractivity contribution >= 4 is 11.6 Å². The van der Waals surface area contributed by atoms with E-state index in [4.69, 9.17) is 9.47 Å². The number of hydrogen-bond donors (Lipinski definition) is 2. The summed E-state index contributed by atoms with van der Waals surface area (Å²) in [6.45, 7) is 1.71. The van der Waals surface area contributed by atoms with Gasteiger partial charge >= 0.3 is 0 Å². The number of carbonyl (C=O) groups excluding carboxylic acids is 1. The first kappa shape index (κ1) is 11.8. The van der Waals surface area contributed by atoms with Crippen molar-refractivity contribution in [1.29, 1.82) is 0 Å². The van der Waals surface area contributed by atoms with Crippen LogP contribution in [0.5, 0.6) is 5.75 Å². The molecule has 1 aromatic heterocycles. The Morgan fingerprint density at radius 2 is 2.59 bits per heavy atom. The number of nitrogens with one attached hydrogen (secondary N) is 2. The molecule has 6 nitrogen and oxygen atoms in total. The van der Waals surface area contributed by atoms with Crippen LogP contribution in [0.25, 0.3) is 0 Å². The van der Waals surface area contributed by atoms with E-state index in [1.54, 1.807) is 25.6 Å². The number of aromatic nitrogens is 1. The smallest absolute Gasteiger partial charge is 0.244 e. The monoisotopic (exact) mass is 237 g/mol. The number of nitrogens with zero attached hydrogens (tertiary/aromatic N) is 1. The number of anilines is 1. The maximum absolute atomic E-state index is 11.9. The van der Waals surface area contributed by atoms with Gasteiger partial charge in [-0.1, -0.05) is 0 Å². The lowest BCUT2D eigenvalue weighted by Gasteiger charge is -2.23.